The van der Waals surface area contributed by atoms with Crippen LogP contribution in [-0.4, -0.2) is 19.5 Å². The molecule has 0 amide bonds. The van der Waals surface area contributed by atoms with E-state index in [1.54, 1.807) is 0 Å². The minimum Gasteiger partial charge on any atom is -0.309 e. The second-order valence-electron chi connectivity index (χ2n) is 13.7. The molecule has 0 unspecified atom stereocenters. The molecule has 1 aliphatic carbocycles. The summed E-state index contributed by atoms with van der Waals surface area (Å²) in [4.78, 5) is 15.2. The molecular formula is C46H32N4. The van der Waals surface area contributed by atoms with Crippen molar-refractivity contribution in [2.45, 2.75) is 19.3 Å². The summed E-state index contributed by atoms with van der Waals surface area (Å²) in [6.45, 7) is 4.55. The van der Waals surface area contributed by atoms with Crippen molar-refractivity contribution in [3.63, 3.8) is 0 Å². The molecule has 9 aromatic rings. The SMILES string of the molecule is CC1(C)c2ccc(-c3ccccc3)cc2-c2c(-c3cccnc3)nc(-c3ccc(-n4c5ccccc5c5c6ccccc6ccc54)cc3)nc21. The number of hydrogen-bond acceptors (Lipinski definition) is 3. The van der Waals surface area contributed by atoms with E-state index in [0.29, 0.717) is 5.82 Å². The van der Waals surface area contributed by atoms with Gasteiger partial charge in [-0.15, -0.1) is 0 Å². The van der Waals surface area contributed by atoms with Crippen LogP contribution in [0.5, 0.6) is 0 Å². The van der Waals surface area contributed by atoms with Gasteiger partial charge < -0.3 is 4.57 Å². The summed E-state index contributed by atoms with van der Waals surface area (Å²) in [5.41, 5.74) is 13.0. The second-order valence-corrected chi connectivity index (χ2v) is 13.7. The molecule has 3 heterocycles. The van der Waals surface area contributed by atoms with Crippen LogP contribution in [0.2, 0.25) is 0 Å². The zero-order valence-corrected chi connectivity index (χ0v) is 27.8. The maximum Gasteiger partial charge on any atom is 0.160 e. The van der Waals surface area contributed by atoms with Crippen molar-refractivity contribution in [2.24, 2.45) is 0 Å². The number of aromatic nitrogens is 4. The third-order valence-electron chi connectivity index (χ3n) is 10.5. The van der Waals surface area contributed by atoms with E-state index in [9.17, 15) is 0 Å². The van der Waals surface area contributed by atoms with Gasteiger partial charge in [-0.1, -0.05) is 105 Å². The number of benzene rings is 6. The Morgan fingerprint density at radius 3 is 2.12 bits per heavy atom. The van der Waals surface area contributed by atoms with Gasteiger partial charge in [0.2, 0.25) is 0 Å². The summed E-state index contributed by atoms with van der Waals surface area (Å²) in [6.07, 6.45) is 3.72. The van der Waals surface area contributed by atoms with Gasteiger partial charge in [0.15, 0.2) is 5.82 Å². The summed E-state index contributed by atoms with van der Waals surface area (Å²) in [6, 6.07) is 52.0. The minimum absolute atomic E-state index is 0.305. The number of pyridine rings is 1. The average Bonchev–Trinajstić information content (AvgIpc) is 3.64. The zero-order chi connectivity index (χ0) is 33.4. The highest BCUT2D eigenvalue weighted by molar-refractivity contribution is 6.21. The van der Waals surface area contributed by atoms with Crippen molar-refractivity contribution in [1.29, 1.82) is 0 Å². The summed E-state index contributed by atoms with van der Waals surface area (Å²) < 4.78 is 2.37. The summed E-state index contributed by atoms with van der Waals surface area (Å²) in [5, 5.41) is 5.05. The summed E-state index contributed by atoms with van der Waals surface area (Å²) in [7, 11) is 0. The van der Waals surface area contributed by atoms with Crippen molar-refractivity contribution in [1.82, 2.24) is 19.5 Å². The van der Waals surface area contributed by atoms with Crippen LogP contribution in [0.1, 0.15) is 25.1 Å². The fourth-order valence-corrected chi connectivity index (χ4v) is 8.02. The van der Waals surface area contributed by atoms with E-state index in [1.165, 1.54) is 54.8 Å². The Kier molecular flexibility index (Phi) is 6.19. The predicted octanol–water partition coefficient (Wildman–Crippen LogP) is 11.4. The van der Waals surface area contributed by atoms with Crippen LogP contribution in [0.15, 0.2) is 158 Å². The molecule has 3 aromatic heterocycles. The molecule has 0 N–H and O–H groups in total. The normalized spacial score (nSPS) is 13.2. The minimum atomic E-state index is -0.305. The molecule has 0 aliphatic heterocycles. The van der Waals surface area contributed by atoms with Gasteiger partial charge in [-0.3, -0.25) is 4.98 Å². The molecule has 0 radical (unpaired) electrons. The standard InChI is InChI=1S/C46H32N4/c1-46(2)38-24-20-32(29-11-4-3-5-12-29)27-37(38)42-43(33-14-10-26-47-28-33)48-45(49-44(42)46)31-18-22-34(23-19-31)50-39-17-9-8-16-36(39)41-35-15-7-6-13-30(35)21-25-40(41)50/h3-28H,1-2H3. The fourth-order valence-electron chi connectivity index (χ4n) is 8.02. The average molecular weight is 641 g/mol. The molecule has 236 valence electrons. The maximum absolute atomic E-state index is 5.37. The van der Waals surface area contributed by atoms with Gasteiger partial charge in [0.05, 0.1) is 22.4 Å². The van der Waals surface area contributed by atoms with E-state index in [-0.39, 0.29) is 5.41 Å². The molecule has 0 spiro atoms. The smallest absolute Gasteiger partial charge is 0.160 e. The highest BCUT2D eigenvalue weighted by Crippen LogP contribution is 2.52. The Balaban J connectivity index is 1.14. The van der Waals surface area contributed by atoms with Gasteiger partial charge in [0, 0.05) is 51.0 Å². The van der Waals surface area contributed by atoms with Crippen LogP contribution in [-0.2, 0) is 5.41 Å². The third-order valence-corrected chi connectivity index (χ3v) is 10.5. The number of rotatable bonds is 4. The Morgan fingerprint density at radius 1 is 0.560 bits per heavy atom. The van der Waals surface area contributed by atoms with Crippen LogP contribution >= 0.6 is 0 Å². The topological polar surface area (TPSA) is 43.6 Å². The van der Waals surface area contributed by atoms with Gasteiger partial charge >= 0.3 is 0 Å². The lowest BCUT2D eigenvalue weighted by atomic mass is 9.84. The molecule has 10 rings (SSSR count). The number of hydrogen-bond donors (Lipinski definition) is 0. The molecule has 0 saturated heterocycles. The summed E-state index contributed by atoms with van der Waals surface area (Å²) in [5.74, 6) is 0.714. The van der Waals surface area contributed by atoms with Crippen molar-refractivity contribution in [3.8, 4) is 50.6 Å². The molecule has 50 heavy (non-hydrogen) atoms. The first-order valence-corrected chi connectivity index (χ1v) is 17.1. The molecule has 0 bridgehead atoms. The first kappa shape index (κ1) is 28.6. The number of para-hydroxylation sites is 1. The molecule has 6 aromatic carbocycles. The van der Waals surface area contributed by atoms with E-state index < -0.39 is 0 Å². The lowest BCUT2D eigenvalue weighted by molar-refractivity contribution is 0.636. The largest absolute Gasteiger partial charge is 0.309 e. The molecule has 4 heteroatoms. The Labute approximate surface area is 290 Å². The van der Waals surface area contributed by atoms with Crippen molar-refractivity contribution < 1.29 is 0 Å². The lowest BCUT2D eigenvalue weighted by Crippen LogP contribution is -2.17. The Bertz CT molecular complexity index is 2760. The molecule has 0 saturated carbocycles. The highest BCUT2D eigenvalue weighted by atomic mass is 15.0. The molecule has 0 atom stereocenters. The number of fused-ring (bicyclic) bond motifs is 8. The van der Waals surface area contributed by atoms with Crippen LogP contribution in [0.4, 0.5) is 0 Å². The first-order valence-electron chi connectivity index (χ1n) is 17.1. The van der Waals surface area contributed by atoms with Crippen molar-refractivity contribution >= 4 is 32.6 Å². The lowest BCUT2D eigenvalue weighted by Gasteiger charge is -2.21. The maximum atomic E-state index is 5.37. The quantitative estimate of drug-likeness (QED) is 0.192. The predicted molar refractivity (Wildman–Crippen MR) is 206 cm³/mol. The van der Waals surface area contributed by atoms with Crippen LogP contribution < -0.4 is 0 Å². The Hall–Kier alpha value is -6.39. The monoisotopic (exact) mass is 640 g/mol. The van der Waals surface area contributed by atoms with Crippen molar-refractivity contribution in [2.75, 3.05) is 0 Å². The van der Waals surface area contributed by atoms with Gasteiger partial charge in [0.1, 0.15) is 0 Å². The zero-order valence-electron chi connectivity index (χ0n) is 27.8. The van der Waals surface area contributed by atoms with E-state index >= 15 is 0 Å². The molecule has 0 fully saturated rings. The number of nitrogens with zero attached hydrogens (tertiary/aromatic N) is 4. The highest BCUT2D eigenvalue weighted by Gasteiger charge is 2.40. The van der Waals surface area contributed by atoms with E-state index in [1.807, 2.05) is 18.5 Å². The molecule has 1 aliphatic rings. The van der Waals surface area contributed by atoms with E-state index in [4.69, 9.17) is 9.97 Å². The first-order chi connectivity index (χ1) is 24.6. The van der Waals surface area contributed by atoms with Crippen LogP contribution in [0.3, 0.4) is 0 Å². The van der Waals surface area contributed by atoms with Crippen molar-refractivity contribution in [3.05, 3.63) is 169 Å². The fraction of sp³-hybridized carbons (Fsp3) is 0.0652. The summed E-state index contributed by atoms with van der Waals surface area (Å²) >= 11 is 0. The van der Waals surface area contributed by atoms with Gasteiger partial charge in [-0.25, -0.2) is 9.97 Å². The Morgan fingerprint density at radius 2 is 1.30 bits per heavy atom. The van der Waals surface area contributed by atoms with Gasteiger partial charge in [-0.2, -0.15) is 0 Å². The third kappa shape index (κ3) is 4.21. The van der Waals surface area contributed by atoms with Crippen LogP contribution in [0.25, 0.3) is 83.2 Å². The second kappa shape index (κ2) is 10.8. The van der Waals surface area contributed by atoms with E-state index in [0.717, 1.165) is 33.8 Å². The van der Waals surface area contributed by atoms with Crippen LogP contribution in [0, 0.1) is 0 Å². The van der Waals surface area contributed by atoms with Gasteiger partial charge in [-0.05, 0) is 87.6 Å². The molecular weight excluding hydrogens is 609 g/mol. The van der Waals surface area contributed by atoms with E-state index in [2.05, 4.69) is 163 Å². The van der Waals surface area contributed by atoms with Gasteiger partial charge in [0.25, 0.3) is 0 Å². The molecule has 4 nitrogen and oxygen atoms in total.